The molecular weight excluding hydrogens is 279 g/mol. The smallest absolute Gasteiger partial charge is 0.224 e. The number of rotatable bonds is 3. The summed E-state index contributed by atoms with van der Waals surface area (Å²) in [5.41, 5.74) is 0. The fourth-order valence-corrected chi connectivity index (χ4v) is 1.66. The minimum absolute atomic E-state index is 0.0808. The lowest BCUT2D eigenvalue weighted by atomic mass is 10.2. The van der Waals surface area contributed by atoms with E-state index in [0.29, 0.717) is 12.2 Å². The molecule has 80 valence electrons. The third-order valence-corrected chi connectivity index (χ3v) is 2.82. The van der Waals surface area contributed by atoms with E-state index in [1.165, 1.54) is 0 Å². The number of hydrogen-bond acceptors (Lipinski definition) is 4. The van der Waals surface area contributed by atoms with Crippen LogP contribution in [0.2, 0.25) is 5.28 Å². The first-order valence-corrected chi connectivity index (χ1v) is 5.51. The van der Waals surface area contributed by atoms with Crippen molar-refractivity contribution in [2.75, 3.05) is 11.9 Å². The van der Waals surface area contributed by atoms with Gasteiger partial charge < -0.3 is 4.90 Å². The third-order valence-electron chi connectivity index (χ3n) is 2.08. The number of anilines is 1. The Bertz CT molecular complexity index is 390. The number of halogens is 2. The summed E-state index contributed by atoms with van der Waals surface area (Å²) in [5.74, 6) is 0.692. The standard InChI is InChI=1S/C9H10BrClN4/c1-6(3-4-12)15(2)8-7(10)5-13-9(11)14-8/h5-6H,3H2,1-2H3. The van der Waals surface area contributed by atoms with Gasteiger partial charge in [0.2, 0.25) is 5.28 Å². The van der Waals surface area contributed by atoms with Gasteiger partial charge in [0.05, 0.1) is 17.0 Å². The van der Waals surface area contributed by atoms with Crippen molar-refractivity contribution in [3.05, 3.63) is 16.0 Å². The first-order valence-electron chi connectivity index (χ1n) is 4.34. The van der Waals surface area contributed by atoms with Crippen LogP contribution in [-0.2, 0) is 0 Å². The normalized spacial score (nSPS) is 11.9. The minimum atomic E-state index is 0.0808. The van der Waals surface area contributed by atoms with E-state index in [0.717, 1.165) is 4.47 Å². The lowest BCUT2D eigenvalue weighted by Gasteiger charge is -2.24. The zero-order chi connectivity index (χ0) is 11.4. The number of nitriles is 1. The van der Waals surface area contributed by atoms with Gasteiger partial charge in [-0.2, -0.15) is 10.2 Å². The van der Waals surface area contributed by atoms with Gasteiger partial charge in [0.1, 0.15) is 5.82 Å². The van der Waals surface area contributed by atoms with E-state index in [1.807, 2.05) is 18.9 Å². The maximum absolute atomic E-state index is 8.61. The zero-order valence-electron chi connectivity index (χ0n) is 8.41. The molecule has 1 rings (SSSR count). The van der Waals surface area contributed by atoms with E-state index < -0.39 is 0 Å². The molecule has 0 aliphatic heterocycles. The molecular formula is C9H10BrClN4. The largest absolute Gasteiger partial charge is 0.355 e. The van der Waals surface area contributed by atoms with Gasteiger partial charge in [-0.1, -0.05) is 0 Å². The molecule has 1 unspecified atom stereocenters. The van der Waals surface area contributed by atoms with E-state index in [4.69, 9.17) is 16.9 Å². The molecule has 4 nitrogen and oxygen atoms in total. The van der Waals surface area contributed by atoms with Gasteiger partial charge in [0, 0.05) is 19.3 Å². The third kappa shape index (κ3) is 3.05. The van der Waals surface area contributed by atoms with Crippen molar-refractivity contribution < 1.29 is 0 Å². The molecule has 0 saturated carbocycles. The summed E-state index contributed by atoms with van der Waals surface area (Å²) < 4.78 is 0.763. The van der Waals surface area contributed by atoms with E-state index in [-0.39, 0.29) is 11.3 Å². The Morgan fingerprint density at radius 3 is 3.00 bits per heavy atom. The van der Waals surface area contributed by atoms with Gasteiger partial charge in [-0.3, -0.25) is 0 Å². The molecule has 1 atom stereocenters. The average molecular weight is 290 g/mol. The first-order chi connectivity index (χ1) is 7.06. The Labute approximate surface area is 102 Å². The second kappa shape index (κ2) is 5.29. The fourth-order valence-electron chi connectivity index (χ4n) is 1.06. The van der Waals surface area contributed by atoms with E-state index in [1.54, 1.807) is 6.20 Å². The maximum Gasteiger partial charge on any atom is 0.224 e. The quantitative estimate of drug-likeness (QED) is 0.803. The number of aromatic nitrogens is 2. The summed E-state index contributed by atoms with van der Waals surface area (Å²) in [4.78, 5) is 9.83. The van der Waals surface area contributed by atoms with Crippen LogP contribution in [0.15, 0.2) is 10.7 Å². The van der Waals surface area contributed by atoms with Gasteiger partial charge in [0.15, 0.2) is 0 Å². The van der Waals surface area contributed by atoms with Gasteiger partial charge in [0.25, 0.3) is 0 Å². The van der Waals surface area contributed by atoms with Gasteiger partial charge in [-0.25, -0.2) is 4.98 Å². The van der Waals surface area contributed by atoms with Gasteiger partial charge in [-0.15, -0.1) is 0 Å². The van der Waals surface area contributed by atoms with Crippen molar-refractivity contribution in [2.45, 2.75) is 19.4 Å². The Hall–Kier alpha value is -0.860. The summed E-state index contributed by atoms with van der Waals surface area (Å²) in [7, 11) is 1.87. The minimum Gasteiger partial charge on any atom is -0.355 e. The second-order valence-corrected chi connectivity index (χ2v) is 4.33. The second-order valence-electron chi connectivity index (χ2n) is 3.13. The van der Waals surface area contributed by atoms with Crippen LogP contribution in [0.5, 0.6) is 0 Å². The SMILES string of the molecule is CC(CC#N)N(C)c1nc(Cl)ncc1Br. The highest BCUT2D eigenvalue weighted by Gasteiger charge is 2.14. The molecule has 0 aliphatic rings. The van der Waals surface area contributed by atoms with Crippen LogP contribution in [-0.4, -0.2) is 23.1 Å². The number of hydrogen-bond donors (Lipinski definition) is 0. The highest BCUT2D eigenvalue weighted by atomic mass is 79.9. The Balaban J connectivity index is 2.95. The van der Waals surface area contributed by atoms with Crippen LogP contribution in [0, 0.1) is 11.3 Å². The predicted octanol–water partition coefficient (Wildman–Crippen LogP) is 2.63. The average Bonchev–Trinajstić information content (AvgIpc) is 2.21. The molecule has 0 bridgehead atoms. The molecule has 0 N–H and O–H groups in total. The van der Waals surface area contributed by atoms with Crippen LogP contribution >= 0.6 is 27.5 Å². The lowest BCUT2D eigenvalue weighted by Crippen LogP contribution is -2.29. The van der Waals surface area contributed by atoms with Crippen LogP contribution in [0.3, 0.4) is 0 Å². The van der Waals surface area contributed by atoms with Crippen molar-refractivity contribution in [1.29, 1.82) is 5.26 Å². The highest BCUT2D eigenvalue weighted by molar-refractivity contribution is 9.10. The highest BCUT2D eigenvalue weighted by Crippen LogP contribution is 2.25. The van der Waals surface area contributed by atoms with E-state index >= 15 is 0 Å². The molecule has 15 heavy (non-hydrogen) atoms. The fraction of sp³-hybridized carbons (Fsp3) is 0.444. The predicted molar refractivity (Wildman–Crippen MR) is 62.8 cm³/mol. The molecule has 1 heterocycles. The monoisotopic (exact) mass is 288 g/mol. The Morgan fingerprint density at radius 1 is 1.73 bits per heavy atom. The molecule has 0 spiro atoms. The Kier molecular flexibility index (Phi) is 4.30. The molecule has 1 aromatic heterocycles. The number of nitrogens with zero attached hydrogens (tertiary/aromatic N) is 4. The molecule has 0 saturated heterocycles. The summed E-state index contributed by atoms with van der Waals surface area (Å²) in [6.45, 7) is 1.95. The Morgan fingerprint density at radius 2 is 2.40 bits per heavy atom. The molecule has 1 aromatic rings. The van der Waals surface area contributed by atoms with Crippen LogP contribution in [0.4, 0.5) is 5.82 Å². The lowest BCUT2D eigenvalue weighted by molar-refractivity contribution is 0.691. The molecule has 0 fully saturated rings. The van der Waals surface area contributed by atoms with Crippen molar-refractivity contribution in [1.82, 2.24) is 9.97 Å². The summed E-state index contributed by atoms with van der Waals surface area (Å²) in [6, 6.07) is 2.20. The van der Waals surface area contributed by atoms with Crippen LogP contribution in [0.1, 0.15) is 13.3 Å². The van der Waals surface area contributed by atoms with E-state index in [2.05, 4.69) is 32.0 Å². The van der Waals surface area contributed by atoms with Crippen molar-refractivity contribution in [3.63, 3.8) is 0 Å². The molecule has 6 heteroatoms. The molecule has 0 amide bonds. The van der Waals surface area contributed by atoms with E-state index in [9.17, 15) is 0 Å². The molecule has 0 aromatic carbocycles. The van der Waals surface area contributed by atoms with Gasteiger partial charge >= 0.3 is 0 Å². The summed E-state index contributed by atoms with van der Waals surface area (Å²) >= 11 is 9.05. The summed E-state index contributed by atoms with van der Waals surface area (Å²) in [6.07, 6.45) is 2.03. The summed E-state index contributed by atoms with van der Waals surface area (Å²) in [5, 5.41) is 8.81. The topological polar surface area (TPSA) is 52.8 Å². The van der Waals surface area contributed by atoms with Crippen LogP contribution in [0.25, 0.3) is 0 Å². The first kappa shape index (κ1) is 12.2. The van der Waals surface area contributed by atoms with Gasteiger partial charge in [-0.05, 0) is 34.5 Å². The van der Waals surface area contributed by atoms with Crippen LogP contribution < -0.4 is 4.90 Å². The van der Waals surface area contributed by atoms with Crippen molar-refractivity contribution in [2.24, 2.45) is 0 Å². The van der Waals surface area contributed by atoms with Crippen molar-refractivity contribution >= 4 is 33.3 Å². The maximum atomic E-state index is 8.61. The zero-order valence-corrected chi connectivity index (χ0v) is 10.7. The molecule has 0 radical (unpaired) electrons. The molecule has 0 aliphatic carbocycles. The van der Waals surface area contributed by atoms with Crippen molar-refractivity contribution in [3.8, 4) is 6.07 Å².